The number of rotatable bonds is 5. The van der Waals surface area contributed by atoms with Crippen LogP contribution >= 0.6 is 0 Å². The molecule has 0 bridgehead atoms. The van der Waals surface area contributed by atoms with Crippen LogP contribution in [0.3, 0.4) is 0 Å². The van der Waals surface area contributed by atoms with Crippen molar-refractivity contribution in [3.8, 4) is 0 Å². The number of nitrogens with zero attached hydrogens (tertiary/aromatic N) is 4. The number of ketones is 1. The molecule has 1 aliphatic rings. The van der Waals surface area contributed by atoms with Crippen LogP contribution in [-0.2, 0) is 17.5 Å². The van der Waals surface area contributed by atoms with Crippen LogP contribution in [0.4, 0.5) is 13.2 Å². The van der Waals surface area contributed by atoms with Crippen molar-refractivity contribution in [2.75, 3.05) is 13.1 Å². The molecule has 1 aromatic heterocycles. The van der Waals surface area contributed by atoms with E-state index in [-0.39, 0.29) is 30.2 Å². The van der Waals surface area contributed by atoms with Crippen molar-refractivity contribution in [3.63, 3.8) is 0 Å². The van der Waals surface area contributed by atoms with Crippen LogP contribution in [0.15, 0.2) is 36.9 Å². The minimum absolute atomic E-state index is 0.0737. The van der Waals surface area contributed by atoms with Crippen molar-refractivity contribution in [2.24, 2.45) is 5.92 Å². The van der Waals surface area contributed by atoms with Crippen LogP contribution in [0.25, 0.3) is 0 Å². The van der Waals surface area contributed by atoms with Crippen molar-refractivity contribution < 1.29 is 22.8 Å². The van der Waals surface area contributed by atoms with Crippen LogP contribution < -0.4 is 0 Å². The molecule has 0 saturated carbocycles. The van der Waals surface area contributed by atoms with E-state index in [1.165, 1.54) is 24.8 Å². The molecule has 144 valence electrons. The molecule has 3 rings (SSSR count). The van der Waals surface area contributed by atoms with Crippen molar-refractivity contribution >= 4 is 11.7 Å². The molecule has 1 aromatic carbocycles. The van der Waals surface area contributed by atoms with Gasteiger partial charge in [0.2, 0.25) is 5.91 Å². The first-order valence-electron chi connectivity index (χ1n) is 8.66. The highest BCUT2D eigenvalue weighted by Gasteiger charge is 2.32. The molecule has 1 aliphatic heterocycles. The number of alkyl halides is 3. The molecule has 0 N–H and O–H groups in total. The standard InChI is InChI=1S/C18H19F3N4O2/c19-18(20,21)15-5-3-13(4-6-15)17(27)14-2-1-8-24(10-14)16(26)7-9-25-12-22-11-23-25/h3-6,11-12,14H,1-2,7-10H2/t14-/m0/s1. The maximum atomic E-state index is 12.7. The van der Waals surface area contributed by atoms with E-state index in [4.69, 9.17) is 0 Å². The number of likely N-dealkylation sites (tertiary alicyclic amines) is 1. The van der Waals surface area contributed by atoms with Gasteiger partial charge in [-0.15, -0.1) is 0 Å². The summed E-state index contributed by atoms with van der Waals surface area (Å²) in [5.74, 6) is -0.696. The van der Waals surface area contributed by atoms with Gasteiger partial charge in [0.25, 0.3) is 0 Å². The normalized spacial score (nSPS) is 17.7. The zero-order valence-corrected chi connectivity index (χ0v) is 14.5. The minimum atomic E-state index is -4.43. The molecular formula is C18H19F3N4O2. The first-order chi connectivity index (χ1) is 12.8. The van der Waals surface area contributed by atoms with E-state index >= 15 is 0 Å². The Balaban J connectivity index is 1.59. The van der Waals surface area contributed by atoms with E-state index in [9.17, 15) is 22.8 Å². The number of piperidine rings is 1. The number of hydrogen-bond donors (Lipinski definition) is 0. The van der Waals surface area contributed by atoms with Crippen LogP contribution in [0.5, 0.6) is 0 Å². The summed E-state index contributed by atoms with van der Waals surface area (Å²) in [5, 5.41) is 3.94. The second-order valence-electron chi connectivity index (χ2n) is 6.53. The Morgan fingerprint density at radius 3 is 2.56 bits per heavy atom. The number of amides is 1. The fourth-order valence-electron chi connectivity index (χ4n) is 3.19. The molecular weight excluding hydrogens is 361 g/mol. The number of aryl methyl sites for hydroxylation is 1. The van der Waals surface area contributed by atoms with Crippen LogP contribution in [-0.4, -0.2) is 44.4 Å². The number of carbonyl (C=O) groups is 2. The van der Waals surface area contributed by atoms with E-state index in [0.717, 1.165) is 12.1 Å². The Morgan fingerprint density at radius 2 is 1.93 bits per heavy atom. The lowest BCUT2D eigenvalue weighted by molar-refractivity contribution is -0.137. The summed E-state index contributed by atoms with van der Waals surface area (Å²) in [4.78, 5) is 30.5. The Labute approximate surface area is 154 Å². The third kappa shape index (κ3) is 4.72. The molecule has 1 atom stereocenters. The zero-order valence-electron chi connectivity index (χ0n) is 14.5. The predicted molar refractivity (Wildman–Crippen MR) is 89.7 cm³/mol. The first kappa shape index (κ1) is 19.1. The minimum Gasteiger partial charge on any atom is -0.342 e. The van der Waals surface area contributed by atoms with E-state index in [1.54, 1.807) is 9.58 Å². The Hall–Kier alpha value is -2.71. The summed E-state index contributed by atoms with van der Waals surface area (Å²) in [7, 11) is 0. The summed E-state index contributed by atoms with van der Waals surface area (Å²) in [6, 6.07) is 4.24. The molecule has 2 aromatic rings. The van der Waals surface area contributed by atoms with Gasteiger partial charge in [0.05, 0.1) is 12.1 Å². The quantitative estimate of drug-likeness (QED) is 0.748. The van der Waals surface area contributed by atoms with E-state index < -0.39 is 17.7 Å². The van der Waals surface area contributed by atoms with E-state index in [1.807, 2.05) is 0 Å². The van der Waals surface area contributed by atoms with Crippen molar-refractivity contribution in [1.29, 1.82) is 0 Å². The molecule has 1 fully saturated rings. The largest absolute Gasteiger partial charge is 0.416 e. The van der Waals surface area contributed by atoms with Gasteiger partial charge in [-0.05, 0) is 25.0 Å². The van der Waals surface area contributed by atoms with Crippen molar-refractivity contribution in [2.45, 2.75) is 32.0 Å². The molecule has 0 aliphatic carbocycles. The van der Waals surface area contributed by atoms with Gasteiger partial charge in [-0.25, -0.2) is 4.98 Å². The predicted octanol–water partition coefficient (Wildman–Crippen LogP) is 2.81. The molecule has 6 nitrogen and oxygen atoms in total. The lowest BCUT2D eigenvalue weighted by Crippen LogP contribution is -2.42. The van der Waals surface area contributed by atoms with Crippen molar-refractivity contribution in [3.05, 3.63) is 48.0 Å². The van der Waals surface area contributed by atoms with Gasteiger partial charge in [0.15, 0.2) is 5.78 Å². The third-order valence-electron chi connectivity index (χ3n) is 4.66. The number of halogens is 3. The molecule has 0 unspecified atom stereocenters. The third-order valence-corrected chi connectivity index (χ3v) is 4.66. The first-order valence-corrected chi connectivity index (χ1v) is 8.66. The number of hydrogen-bond acceptors (Lipinski definition) is 4. The number of benzene rings is 1. The summed E-state index contributed by atoms with van der Waals surface area (Å²) < 4.78 is 39.5. The molecule has 27 heavy (non-hydrogen) atoms. The summed E-state index contributed by atoms with van der Waals surface area (Å²) in [6.45, 7) is 1.27. The maximum Gasteiger partial charge on any atom is 0.416 e. The molecule has 2 heterocycles. The van der Waals surface area contributed by atoms with Crippen LogP contribution in [0.1, 0.15) is 35.2 Å². The zero-order chi connectivity index (χ0) is 19.4. The fraction of sp³-hybridized carbons (Fsp3) is 0.444. The lowest BCUT2D eigenvalue weighted by atomic mass is 9.89. The second kappa shape index (κ2) is 7.89. The smallest absolute Gasteiger partial charge is 0.342 e. The van der Waals surface area contributed by atoms with Gasteiger partial charge >= 0.3 is 6.18 Å². The fourth-order valence-corrected chi connectivity index (χ4v) is 3.19. The van der Waals surface area contributed by atoms with Gasteiger partial charge in [-0.1, -0.05) is 12.1 Å². The second-order valence-corrected chi connectivity index (χ2v) is 6.53. The van der Waals surface area contributed by atoms with Crippen LogP contribution in [0.2, 0.25) is 0 Å². The average molecular weight is 380 g/mol. The highest BCUT2D eigenvalue weighted by Crippen LogP contribution is 2.30. The SMILES string of the molecule is O=C(c1ccc(C(F)(F)F)cc1)[C@H]1CCCN(C(=O)CCn2cncn2)C1. The molecule has 0 spiro atoms. The summed E-state index contributed by atoms with van der Waals surface area (Å²) in [5.41, 5.74) is -0.544. The topological polar surface area (TPSA) is 68.1 Å². The van der Waals surface area contributed by atoms with Gasteiger partial charge in [-0.3, -0.25) is 14.3 Å². The molecule has 1 amide bonds. The Kier molecular flexibility index (Phi) is 5.57. The van der Waals surface area contributed by atoms with Crippen LogP contribution in [0, 0.1) is 5.92 Å². The summed E-state index contributed by atoms with van der Waals surface area (Å²) in [6.07, 6.45) is 0.0493. The van der Waals surface area contributed by atoms with Crippen molar-refractivity contribution in [1.82, 2.24) is 19.7 Å². The Bertz CT molecular complexity index is 788. The number of Topliss-reactive ketones (excluding diaryl/α,β-unsaturated/α-hetero) is 1. The van der Waals surface area contributed by atoms with Gasteiger partial charge in [-0.2, -0.15) is 18.3 Å². The van der Waals surface area contributed by atoms with E-state index in [0.29, 0.717) is 25.9 Å². The molecule has 0 radical (unpaired) electrons. The lowest BCUT2D eigenvalue weighted by Gasteiger charge is -2.32. The Morgan fingerprint density at radius 1 is 1.19 bits per heavy atom. The number of aromatic nitrogens is 3. The highest BCUT2D eigenvalue weighted by molar-refractivity contribution is 5.98. The monoisotopic (exact) mass is 380 g/mol. The van der Waals surface area contributed by atoms with Gasteiger partial charge in [0, 0.05) is 31.0 Å². The maximum absolute atomic E-state index is 12.7. The van der Waals surface area contributed by atoms with Gasteiger partial charge < -0.3 is 4.90 Å². The number of carbonyl (C=O) groups excluding carboxylic acids is 2. The highest BCUT2D eigenvalue weighted by atomic mass is 19.4. The average Bonchev–Trinajstić information content (AvgIpc) is 3.18. The molecule has 1 saturated heterocycles. The molecule has 9 heteroatoms. The van der Waals surface area contributed by atoms with Gasteiger partial charge in [0.1, 0.15) is 12.7 Å². The van der Waals surface area contributed by atoms with E-state index in [2.05, 4.69) is 10.1 Å². The summed E-state index contributed by atoms with van der Waals surface area (Å²) >= 11 is 0.